The number of carbonyl (C=O) groups excluding carboxylic acids is 2. The van der Waals surface area contributed by atoms with E-state index in [2.05, 4.69) is 15.6 Å². The summed E-state index contributed by atoms with van der Waals surface area (Å²) in [4.78, 5) is 30.2. The summed E-state index contributed by atoms with van der Waals surface area (Å²) in [5, 5.41) is 6.88. The van der Waals surface area contributed by atoms with Crippen LogP contribution in [0, 0.1) is 0 Å². The van der Waals surface area contributed by atoms with Crippen molar-refractivity contribution in [3.63, 3.8) is 0 Å². The largest absolute Gasteiger partial charge is 0.355 e. The van der Waals surface area contributed by atoms with Crippen molar-refractivity contribution in [2.75, 3.05) is 11.9 Å². The van der Waals surface area contributed by atoms with Crippen LogP contribution in [-0.4, -0.2) is 28.6 Å². The molecule has 2 amide bonds. The Morgan fingerprint density at radius 3 is 2.96 bits per heavy atom. The molecule has 1 aliphatic rings. The fourth-order valence-corrected chi connectivity index (χ4v) is 5.23. The maximum Gasteiger partial charge on any atom is 0.238 e. The highest BCUT2D eigenvalue weighted by Crippen LogP contribution is 2.38. The molecule has 0 fully saturated rings. The van der Waals surface area contributed by atoms with E-state index >= 15 is 0 Å². The molecule has 1 aromatic heterocycles. The second kappa shape index (κ2) is 8.11. The fourth-order valence-electron chi connectivity index (χ4n) is 2.95. The van der Waals surface area contributed by atoms with E-state index in [0.29, 0.717) is 17.3 Å². The van der Waals surface area contributed by atoms with E-state index in [4.69, 9.17) is 11.6 Å². The van der Waals surface area contributed by atoms with Gasteiger partial charge in [0.1, 0.15) is 0 Å². The monoisotopic (exact) mass is 431 g/mol. The summed E-state index contributed by atoms with van der Waals surface area (Å²) in [6.07, 6.45) is 0.130. The van der Waals surface area contributed by atoms with Gasteiger partial charge in [0.15, 0.2) is 0 Å². The van der Waals surface area contributed by atoms with Gasteiger partial charge in [-0.1, -0.05) is 30.7 Å². The molecular weight excluding hydrogens is 414 g/mol. The third-order valence-corrected chi connectivity index (χ3v) is 7.25. The first-order valence-electron chi connectivity index (χ1n) is 8.89. The molecule has 0 unspecified atom stereocenters. The summed E-state index contributed by atoms with van der Waals surface area (Å²) in [6.45, 7) is 2.53. The number of benzene rings is 2. The number of amides is 2. The van der Waals surface area contributed by atoms with Gasteiger partial charge >= 0.3 is 0 Å². The van der Waals surface area contributed by atoms with Gasteiger partial charge in [0, 0.05) is 28.8 Å². The number of para-hydroxylation sites is 1. The van der Waals surface area contributed by atoms with E-state index < -0.39 is 5.25 Å². The zero-order valence-corrected chi connectivity index (χ0v) is 17.5. The molecule has 144 valence electrons. The van der Waals surface area contributed by atoms with Crippen molar-refractivity contribution in [3.8, 4) is 0 Å². The molecule has 28 heavy (non-hydrogen) atoms. The molecule has 0 radical (unpaired) electrons. The number of thiazole rings is 1. The smallest absolute Gasteiger partial charge is 0.238 e. The minimum atomic E-state index is -0.452. The Bertz CT molecular complexity index is 1020. The summed E-state index contributed by atoms with van der Waals surface area (Å²) in [6, 6.07) is 13.4. The normalized spacial score (nSPS) is 17.1. The lowest BCUT2D eigenvalue weighted by Gasteiger charge is -2.24. The van der Waals surface area contributed by atoms with Crippen LogP contribution in [0.1, 0.15) is 24.3 Å². The third-order valence-electron chi connectivity index (χ3n) is 4.47. The summed E-state index contributed by atoms with van der Waals surface area (Å²) in [5.41, 5.74) is 1.68. The van der Waals surface area contributed by atoms with Crippen LogP contribution in [0.15, 0.2) is 47.4 Å². The van der Waals surface area contributed by atoms with Crippen LogP contribution in [0.4, 0.5) is 5.69 Å². The maximum absolute atomic E-state index is 12.4. The van der Waals surface area contributed by atoms with E-state index in [1.807, 2.05) is 37.3 Å². The Morgan fingerprint density at radius 2 is 2.14 bits per heavy atom. The van der Waals surface area contributed by atoms with E-state index in [1.54, 1.807) is 23.5 Å². The van der Waals surface area contributed by atoms with Crippen molar-refractivity contribution in [2.45, 2.75) is 29.4 Å². The van der Waals surface area contributed by atoms with Crippen LogP contribution in [0.25, 0.3) is 10.2 Å². The van der Waals surface area contributed by atoms with Gasteiger partial charge in [0.2, 0.25) is 11.8 Å². The van der Waals surface area contributed by atoms with Gasteiger partial charge in [-0.05, 0) is 30.3 Å². The number of carbonyl (C=O) groups is 2. The van der Waals surface area contributed by atoms with Gasteiger partial charge in [-0.3, -0.25) is 9.59 Å². The highest BCUT2D eigenvalue weighted by molar-refractivity contribution is 8.01. The highest BCUT2D eigenvalue weighted by atomic mass is 35.5. The zero-order chi connectivity index (χ0) is 19.7. The van der Waals surface area contributed by atoms with Crippen LogP contribution in [-0.2, 0) is 9.59 Å². The molecule has 0 saturated carbocycles. The second-order valence-corrected chi connectivity index (χ2v) is 9.41. The average Bonchev–Trinajstić information content (AvgIpc) is 3.11. The fraction of sp³-hybridized carbons (Fsp3) is 0.250. The molecule has 4 rings (SSSR count). The van der Waals surface area contributed by atoms with Crippen LogP contribution in [0.5, 0.6) is 0 Å². The molecule has 2 heterocycles. The predicted octanol–water partition coefficient (Wildman–Crippen LogP) is 4.67. The lowest BCUT2D eigenvalue weighted by molar-refractivity contribution is -0.124. The standard InChI is InChI=1S/C20H18ClN3O2S2/c1-11(20-24-13-4-2-3-5-15(13)28-20)10-22-18(25)9-17-19(26)23-14-8-12(21)6-7-16(14)27-17/h2-8,11,17H,9-10H2,1H3,(H,22,25)(H,23,26)/t11-,17+/m0/s1. The van der Waals surface area contributed by atoms with Gasteiger partial charge in [-0.25, -0.2) is 4.98 Å². The van der Waals surface area contributed by atoms with Gasteiger partial charge in [-0.2, -0.15) is 0 Å². The van der Waals surface area contributed by atoms with Crippen LogP contribution in [0.3, 0.4) is 0 Å². The lowest BCUT2D eigenvalue weighted by Crippen LogP contribution is -2.36. The molecule has 0 saturated heterocycles. The van der Waals surface area contributed by atoms with E-state index in [9.17, 15) is 9.59 Å². The SMILES string of the molecule is C[C@@H](CNC(=O)C[C@H]1Sc2ccc(Cl)cc2NC1=O)c1nc2ccccc2s1. The minimum absolute atomic E-state index is 0.108. The van der Waals surface area contributed by atoms with E-state index in [0.717, 1.165) is 20.1 Å². The predicted molar refractivity (Wildman–Crippen MR) is 115 cm³/mol. The lowest BCUT2D eigenvalue weighted by atomic mass is 10.2. The number of nitrogens with one attached hydrogen (secondary N) is 2. The number of fused-ring (bicyclic) bond motifs is 2. The van der Waals surface area contributed by atoms with Crippen LogP contribution < -0.4 is 10.6 Å². The third kappa shape index (κ3) is 4.16. The zero-order valence-electron chi connectivity index (χ0n) is 15.1. The molecular formula is C20H18ClN3O2S2. The first-order chi connectivity index (χ1) is 13.5. The number of anilines is 1. The summed E-state index contributed by atoms with van der Waals surface area (Å²) < 4.78 is 1.14. The maximum atomic E-state index is 12.4. The average molecular weight is 432 g/mol. The van der Waals surface area contributed by atoms with Crippen molar-refractivity contribution in [3.05, 3.63) is 52.5 Å². The molecule has 2 N–H and O–H groups in total. The van der Waals surface area contributed by atoms with Crippen LogP contribution in [0.2, 0.25) is 5.02 Å². The van der Waals surface area contributed by atoms with Crippen molar-refractivity contribution in [1.82, 2.24) is 10.3 Å². The molecule has 0 bridgehead atoms. The Balaban J connectivity index is 1.34. The number of rotatable bonds is 5. The number of aromatic nitrogens is 1. The Morgan fingerprint density at radius 1 is 1.32 bits per heavy atom. The number of halogens is 1. The number of thioether (sulfide) groups is 1. The van der Waals surface area contributed by atoms with E-state index in [-0.39, 0.29) is 24.2 Å². The Hall–Kier alpha value is -2.09. The quantitative estimate of drug-likeness (QED) is 0.615. The first-order valence-corrected chi connectivity index (χ1v) is 11.0. The molecule has 0 aliphatic carbocycles. The highest BCUT2D eigenvalue weighted by Gasteiger charge is 2.29. The molecule has 2 atom stereocenters. The molecule has 8 heteroatoms. The van der Waals surface area contributed by atoms with Crippen molar-refractivity contribution < 1.29 is 9.59 Å². The molecule has 0 spiro atoms. The first kappa shape index (κ1) is 19.2. The van der Waals surface area contributed by atoms with Gasteiger partial charge in [0.05, 0.1) is 26.2 Å². The molecule has 5 nitrogen and oxygen atoms in total. The van der Waals surface area contributed by atoms with Crippen molar-refractivity contribution in [1.29, 1.82) is 0 Å². The minimum Gasteiger partial charge on any atom is -0.355 e. The van der Waals surface area contributed by atoms with Crippen LogP contribution >= 0.6 is 34.7 Å². The Kier molecular flexibility index (Phi) is 5.57. The topological polar surface area (TPSA) is 71.1 Å². The summed E-state index contributed by atoms with van der Waals surface area (Å²) in [7, 11) is 0. The number of hydrogen-bond acceptors (Lipinski definition) is 5. The molecule has 3 aromatic rings. The molecule has 1 aliphatic heterocycles. The molecule has 2 aromatic carbocycles. The number of hydrogen-bond donors (Lipinski definition) is 2. The van der Waals surface area contributed by atoms with E-state index in [1.165, 1.54) is 11.8 Å². The Labute approximate surface area is 175 Å². The van der Waals surface area contributed by atoms with Gasteiger partial charge in [-0.15, -0.1) is 23.1 Å². The van der Waals surface area contributed by atoms with Crippen molar-refractivity contribution in [2.24, 2.45) is 0 Å². The second-order valence-electron chi connectivity index (χ2n) is 6.67. The number of nitrogens with zero attached hydrogens (tertiary/aromatic N) is 1. The van der Waals surface area contributed by atoms with Gasteiger partial charge < -0.3 is 10.6 Å². The van der Waals surface area contributed by atoms with Crippen molar-refractivity contribution >= 4 is 62.4 Å². The van der Waals surface area contributed by atoms with Gasteiger partial charge in [0.25, 0.3) is 0 Å². The summed E-state index contributed by atoms with van der Waals surface area (Å²) >= 11 is 9.00. The summed E-state index contributed by atoms with van der Waals surface area (Å²) in [5.74, 6) is -0.204.